The Morgan fingerprint density at radius 1 is 1.73 bits per heavy atom. The first-order valence-electron chi connectivity index (χ1n) is 3.61. The molecule has 0 bridgehead atoms. The second kappa shape index (κ2) is 3.93. The number of carbonyl (C=O) groups excluding carboxylic acids is 1. The van der Waals surface area contributed by atoms with Crippen LogP contribution in [0.1, 0.15) is 19.8 Å². The van der Waals surface area contributed by atoms with Crippen molar-refractivity contribution in [1.29, 1.82) is 0 Å². The lowest BCUT2D eigenvalue weighted by Crippen LogP contribution is -2.17. The quantitative estimate of drug-likeness (QED) is 0.472. The van der Waals surface area contributed by atoms with Crippen molar-refractivity contribution < 1.29 is 14.3 Å². The zero-order chi connectivity index (χ0) is 8.27. The molecule has 0 N–H and O–H groups in total. The van der Waals surface area contributed by atoms with E-state index >= 15 is 0 Å². The molecule has 0 spiro atoms. The topological polar surface area (TPSA) is 35.5 Å². The van der Waals surface area contributed by atoms with Crippen LogP contribution in [0, 0.1) is 0 Å². The number of carbonyl (C=O) groups is 1. The normalized spacial score (nSPS) is 30.4. The van der Waals surface area contributed by atoms with Gasteiger partial charge in [0.2, 0.25) is 0 Å². The Kier molecular flexibility index (Phi) is 3.15. The van der Waals surface area contributed by atoms with Gasteiger partial charge in [-0.05, 0) is 12.8 Å². The van der Waals surface area contributed by atoms with E-state index in [0.717, 1.165) is 12.8 Å². The molecule has 0 aliphatic carbocycles. The van der Waals surface area contributed by atoms with Crippen molar-refractivity contribution in [2.24, 2.45) is 0 Å². The fourth-order valence-electron chi connectivity index (χ4n) is 0.995. The molecular formula is C7H11ClO3. The van der Waals surface area contributed by atoms with E-state index in [1.165, 1.54) is 6.92 Å². The molecule has 1 rings (SSSR count). The first-order valence-corrected chi connectivity index (χ1v) is 4.05. The largest absolute Gasteiger partial charge is 0.463 e. The molecule has 2 atom stereocenters. The van der Waals surface area contributed by atoms with Gasteiger partial charge >= 0.3 is 5.97 Å². The molecule has 1 saturated heterocycles. The van der Waals surface area contributed by atoms with Gasteiger partial charge in [-0.25, -0.2) is 0 Å². The highest BCUT2D eigenvalue weighted by molar-refractivity contribution is 6.19. The van der Waals surface area contributed by atoms with Crippen LogP contribution in [0.3, 0.4) is 0 Å². The van der Waals surface area contributed by atoms with Crippen LogP contribution in [-0.2, 0) is 14.3 Å². The van der Waals surface area contributed by atoms with E-state index in [2.05, 4.69) is 0 Å². The van der Waals surface area contributed by atoms with E-state index < -0.39 is 0 Å². The van der Waals surface area contributed by atoms with Crippen LogP contribution in [0.25, 0.3) is 0 Å². The van der Waals surface area contributed by atoms with E-state index in [4.69, 9.17) is 21.1 Å². The van der Waals surface area contributed by atoms with Crippen molar-refractivity contribution in [1.82, 2.24) is 0 Å². The van der Waals surface area contributed by atoms with E-state index in [0.29, 0.717) is 6.61 Å². The van der Waals surface area contributed by atoms with Gasteiger partial charge in [-0.2, -0.15) is 0 Å². The molecule has 1 fully saturated rings. The van der Waals surface area contributed by atoms with Gasteiger partial charge in [0.15, 0.2) is 0 Å². The lowest BCUT2D eigenvalue weighted by molar-refractivity contribution is -0.144. The maximum atomic E-state index is 10.4. The number of halogens is 1. The first-order chi connectivity index (χ1) is 5.18. The minimum absolute atomic E-state index is 0.00130. The van der Waals surface area contributed by atoms with Gasteiger partial charge in [-0.15, -0.1) is 0 Å². The summed E-state index contributed by atoms with van der Waals surface area (Å²) >= 11 is 5.66. The van der Waals surface area contributed by atoms with Gasteiger partial charge in [-0.1, -0.05) is 11.6 Å². The highest BCUT2D eigenvalue weighted by Gasteiger charge is 2.23. The number of ether oxygens (including phenoxy) is 2. The van der Waals surface area contributed by atoms with E-state index in [1.807, 2.05) is 0 Å². The molecule has 0 aromatic carbocycles. The first kappa shape index (κ1) is 8.81. The molecule has 1 heterocycles. The van der Waals surface area contributed by atoms with E-state index in [9.17, 15) is 4.79 Å². The minimum Gasteiger partial charge on any atom is -0.463 e. The standard InChI is InChI=1S/C7H11ClO3/c1-5(9)10-4-6-2-3-7(8)11-6/h6-7H,2-4H2,1H3. The van der Waals surface area contributed by atoms with Gasteiger partial charge in [0.05, 0.1) is 6.10 Å². The summed E-state index contributed by atoms with van der Waals surface area (Å²) < 4.78 is 9.95. The van der Waals surface area contributed by atoms with Crippen LogP contribution in [0.2, 0.25) is 0 Å². The van der Waals surface area contributed by atoms with Crippen molar-refractivity contribution in [3.8, 4) is 0 Å². The molecule has 0 saturated carbocycles. The van der Waals surface area contributed by atoms with Crippen LogP contribution in [-0.4, -0.2) is 24.2 Å². The van der Waals surface area contributed by atoms with Crippen molar-refractivity contribution in [3.63, 3.8) is 0 Å². The molecular weight excluding hydrogens is 168 g/mol. The smallest absolute Gasteiger partial charge is 0.302 e. The third kappa shape index (κ3) is 3.08. The van der Waals surface area contributed by atoms with Gasteiger partial charge in [-0.3, -0.25) is 4.79 Å². The van der Waals surface area contributed by atoms with E-state index in [-0.39, 0.29) is 17.6 Å². The molecule has 64 valence electrons. The van der Waals surface area contributed by atoms with Crippen molar-refractivity contribution >= 4 is 17.6 Å². The second-order valence-corrected chi connectivity index (χ2v) is 3.03. The Labute approximate surface area is 70.6 Å². The molecule has 4 heteroatoms. The Hall–Kier alpha value is -0.280. The number of hydrogen-bond donors (Lipinski definition) is 0. The highest BCUT2D eigenvalue weighted by atomic mass is 35.5. The zero-order valence-electron chi connectivity index (χ0n) is 6.38. The maximum absolute atomic E-state index is 10.4. The molecule has 0 amide bonds. The molecule has 1 aliphatic rings. The zero-order valence-corrected chi connectivity index (χ0v) is 7.13. The van der Waals surface area contributed by atoms with Gasteiger partial charge in [0.25, 0.3) is 0 Å². The lowest BCUT2D eigenvalue weighted by atomic mass is 10.2. The molecule has 0 aromatic heterocycles. The molecule has 0 radical (unpaired) electrons. The number of hydrogen-bond acceptors (Lipinski definition) is 3. The number of rotatable bonds is 2. The SMILES string of the molecule is CC(=O)OCC1CCC(Cl)O1. The average Bonchev–Trinajstić information content (AvgIpc) is 2.31. The maximum Gasteiger partial charge on any atom is 0.302 e. The van der Waals surface area contributed by atoms with Crippen LogP contribution < -0.4 is 0 Å². The van der Waals surface area contributed by atoms with Crippen LogP contribution in [0.15, 0.2) is 0 Å². The number of esters is 1. The van der Waals surface area contributed by atoms with Gasteiger partial charge in [0.1, 0.15) is 12.2 Å². The molecule has 2 unspecified atom stereocenters. The Morgan fingerprint density at radius 3 is 2.91 bits per heavy atom. The lowest BCUT2D eigenvalue weighted by Gasteiger charge is -2.08. The predicted octanol–water partition coefficient (Wildman–Crippen LogP) is 1.29. The van der Waals surface area contributed by atoms with E-state index in [1.54, 1.807) is 0 Å². The minimum atomic E-state index is -0.272. The van der Waals surface area contributed by atoms with Crippen molar-refractivity contribution in [2.45, 2.75) is 31.4 Å². The van der Waals surface area contributed by atoms with Crippen LogP contribution >= 0.6 is 11.6 Å². The van der Waals surface area contributed by atoms with Crippen molar-refractivity contribution in [2.75, 3.05) is 6.61 Å². The summed E-state index contributed by atoms with van der Waals surface area (Å²) in [6.45, 7) is 1.71. The summed E-state index contributed by atoms with van der Waals surface area (Å²) in [4.78, 5) is 10.4. The fraction of sp³-hybridized carbons (Fsp3) is 0.857. The average molecular weight is 179 g/mol. The third-order valence-electron chi connectivity index (χ3n) is 1.53. The summed E-state index contributed by atoms with van der Waals surface area (Å²) in [5, 5.41) is 0. The number of alkyl halides is 1. The Morgan fingerprint density at radius 2 is 2.45 bits per heavy atom. The summed E-state index contributed by atoms with van der Waals surface area (Å²) in [6, 6.07) is 0. The summed E-state index contributed by atoms with van der Waals surface area (Å²) in [7, 11) is 0. The van der Waals surface area contributed by atoms with Crippen LogP contribution in [0.4, 0.5) is 0 Å². The molecule has 11 heavy (non-hydrogen) atoms. The summed E-state index contributed by atoms with van der Waals surface area (Å²) in [6.07, 6.45) is 1.72. The molecule has 0 aromatic rings. The van der Waals surface area contributed by atoms with Crippen molar-refractivity contribution in [3.05, 3.63) is 0 Å². The highest BCUT2D eigenvalue weighted by Crippen LogP contribution is 2.22. The van der Waals surface area contributed by atoms with Gasteiger partial charge < -0.3 is 9.47 Å². The monoisotopic (exact) mass is 178 g/mol. The molecule has 3 nitrogen and oxygen atoms in total. The Balaban J connectivity index is 2.13. The second-order valence-electron chi connectivity index (χ2n) is 2.55. The summed E-state index contributed by atoms with van der Waals surface area (Å²) in [5.41, 5.74) is -0.199. The summed E-state index contributed by atoms with van der Waals surface area (Å²) in [5.74, 6) is -0.272. The molecule has 1 aliphatic heterocycles. The van der Waals surface area contributed by atoms with Crippen LogP contribution in [0.5, 0.6) is 0 Å². The third-order valence-corrected chi connectivity index (χ3v) is 1.85. The fourth-order valence-corrected chi connectivity index (χ4v) is 1.27. The predicted molar refractivity (Wildman–Crippen MR) is 40.4 cm³/mol. The Bertz CT molecular complexity index is 149. The van der Waals surface area contributed by atoms with Gasteiger partial charge in [0, 0.05) is 6.92 Å².